The van der Waals surface area contributed by atoms with E-state index in [-0.39, 0.29) is 0 Å². The molecule has 0 amide bonds. The van der Waals surface area contributed by atoms with Gasteiger partial charge in [-0.05, 0) is 162 Å². The number of rotatable bonds is 1. The largest absolute Gasteiger partial charge is 0.245 e. The lowest BCUT2D eigenvalue weighted by molar-refractivity contribution is 0.346. The molecule has 16 nitrogen and oxygen atoms in total. The zero-order valence-electron chi connectivity index (χ0n) is 98.8. The molecular formula is C121H224N16. The first-order valence-corrected chi connectivity index (χ1v) is 54.1. The maximum atomic E-state index is 3.81. The number of allylic oxidation sites excluding steroid dienone is 6. The summed E-state index contributed by atoms with van der Waals surface area (Å²) in [6.07, 6.45) is 59.8. The maximum Gasteiger partial charge on any atom is 0.147 e. The minimum absolute atomic E-state index is 0.711. The topological polar surface area (TPSA) is 206 Å². The molecule has 0 spiro atoms. The van der Waals surface area contributed by atoms with E-state index in [2.05, 4.69) is 265 Å². The van der Waals surface area contributed by atoms with Crippen LogP contribution in [0.1, 0.15) is 437 Å². The van der Waals surface area contributed by atoms with Crippen LogP contribution in [-0.4, -0.2) is 80.7 Å². The molecule has 6 aromatic heterocycles. The van der Waals surface area contributed by atoms with Crippen molar-refractivity contribution in [2.75, 3.05) is 0 Å². The quantitative estimate of drug-likeness (QED) is 0.140. The van der Waals surface area contributed by atoms with Crippen molar-refractivity contribution in [2.24, 2.45) is 41.4 Å². The van der Waals surface area contributed by atoms with E-state index >= 15 is 0 Å². The average molecular weight is 1900 g/mol. The van der Waals surface area contributed by atoms with E-state index in [9.17, 15) is 0 Å². The Hall–Kier alpha value is -9.44. The van der Waals surface area contributed by atoms with Crippen LogP contribution in [0.4, 0.5) is 0 Å². The smallest absolute Gasteiger partial charge is 0.147 e. The summed E-state index contributed by atoms with van der Waals surface area (Å²) >= 11 is 0. The summed E-state index contributed by atoms with van der Waals surface area (Å²) in [6, 6.07) is 37.5. The maximum absolute atomic E-state index is 3.81. The van der Waals surface area contributed by atoms with E-state index in [0.29, 0.717) is 5.82 Å². The first-order valence-electron chi connectivity index (χ1n) is 54.1. The molecule has 0 N–H and O–H groups in total. The van der Waals surface area contributed by atoms with Gasteiger partial charge in [0.2, 0.25) is 0 Å². The molecule has 0 saturated heterocycles. The fourth-order valence-electron chi connectivity index (χ4n) is 9.08. The summed E-state index contributed by atoms with van der Waals surface area (Å²) in [6.45, 7) is 97.6. The number of benzene rings is 4. The van der Waals surface area contributed by atoms with Crippen molar-refractivity contribution in [1.29, 1.82) is 0 Å². The molecule has 1 atom stereocenters. The van der Waals surface area contributed by atoms with Gasteiger partial charge in [-0.15, -0.1) is 15.3 Å². The van der Waals surface area contributed by atoms with Gasteiger partial charge in [0.25, 0.3) is 0 Å². The van der Waals surface area contributed by atoms with Crippen molar-refractivity contribution in [2.45, 2.75) is 448 Å². The van der Waals surface area contributed by atoms with E-state index in [4.69, 9.17) is 0 Å². The van der Waals surface area contributed by atoms with Crippen LogP contribution in [-0.2, 0) is 6.42 Å². The van der Waals surface area contributed by atoms with E-state index in [1.54, 1.807) is 56.5 Å². The van der Waals surface area contributed by atoms with Crippen LogP contribution in [0.15, 0.2) is 227 Å². The number of nitrogens with zero attached hydrogens (tertiary/aromatic N) is 16. The van der Waals surface area contributed by atoms with Gasteiger partial charge in [0.1, 0.15) is 43.3 Å². The molecule has 17 rings (SSSR count). The van der Waals surface area contributed by atoms with Crippen LogP contribution in [0, 0.1) is 96.8 Å². The molecule has 7 aliphatic carbocycles. The third-order valence-electron chi connectivity index (χ3n) is 16.7. The summed E-state index contributed by atoms with van der Waals surface area (Å²) in [5, 5.41) is 31.3. The molecule has 1 unspecified atom stereocenters. The van der Waals surface area contributed by atoms with Crippen molar-refractivity contribution >= 4 is 10.8 Å². The molecule has 4 saturated carbocycles. The zero-order valence-corrected chi connectivity index (χ0v) is 98.8. The lowest BCUT2D eigenvalue weighted by Gasteiger charge is -2.18. The molecule has 7 aliphatic rings. The monoisotopic (exact) mass is 1900 g/mol. The predicted octanol–water partition coefficient (Wildman–Crippen LogP) is 38.9. The molecule has 4 aromatic carbocycles. The van der Waals surface area contributed by atoms with E-state index < -0.39 is 0 Å². The highest BCUT2D eigenvalue weighted by molar-refractivity contribution is 5.85. The molecule has 6 heterocycles. The Morgan fingerprint density at radius 2 is 0.672 bits per heavy atom. The Kier molecular flexibility index (Phi) is 176. The summed E-state index contributed by atoms with van der Waals surface area (Å²) < 4.78 is 0. The zero-order chi connectivity index (χ0) is 109. The molecule has 16 heteroatoms. The molecule has 0 aliphatic heterocycles. The molecule has 10 aromatic rings. The Bertz CT molecular complexity index is 3230. The summed E-state index contributed by atoms with van der Waals surface area (Å²) in [4.78, 5) is 30.0. The van der Waals surface area contributed by atoms with E-state index in [0.717, 1.165) is 76.2 Å². The standard InChI is InChI=1S/C11H10.C8H10.C7H14.C7H8.C6H12.C6H10.2C5H6N2.C5H10.C5H8.4C4H5N3.C4H8.C4H6.16C2H6/c1-9-5-4-7-10-6-2-3-8-11(9)10;1-2-8-6-4-3-5-7-8;2*1-7-5-3-2-4-6-7;2*1-6-4-2-3-5-6;1-5-2-6-4-7-3-5;1-5-2-3-6-7-4-5;2*1-5-3-2-4-5;1-4-6-2-5-3-7-4;1-4-2-6-7-3-5-4;1-4-2-5-3-6-7-4;1-4-5-2-3-6-7-4;2*1-4-2-3-4;16*1-2/h2-8H,1H3;3-7H,2H2,1H3;7H,2-6H2,1H3;2-6H,1H3;6H,2-5H2,1H3;2-3,6H,4-5H2,1H3;2*2-4H,1H3;5H,2-4H2,1H3;2-3,5H,4H2,1H3;4*2-3H,1H3;4H,2-3H2,1H3;2-4H,1H3;16*1-2H3. The van der Waals surface area contributed by atoms with Gasteiger partial charge in [-0.3, -0.25) is 0 Å². The van der Waals surface area contributed by atoms with Gasteiger partial charge in [-0.1, -0.05) is 512 Å². The third kappa shape index (κ3) is 142. The van der Waals surface area contributed by atoms with Crippen molar-refractivity contribution in [1.82, 2.24) is 80.7 Å². The van der Waals surface area contributed by atoms with Gasteiger partial charge in [0.15, 0.2) is 0 Å². The minimum atomic E-state index is 0.711. The second-order valence-corrected chi connectivity index (χ2v) is 27.8. The first kappa shape index (κ1) is 161. The molecule has 0 bridgehead atoms. The Balaban J connectivity index is -0.0000000877. The average Bonchev–Trinajstić information content (AvgIpc) is 1.84. The Labute approximate surface area is 853 Å². The second-order valence-electron chi connectivity index (χ2n) is 27.8. The number of hydrogen-bond acceptors (Lipinski definition) is 16. The van der Waals surface area contributed by atoms with Gasteiger partial charge >= 0.3 is 0 Å². The van der Waals surface area contributed by atoms with Crippen LogP contribution in [0.5, 0.6) is 0 Å². The van der Waals surface area contributed by atoms with Crippen molar-refractivity contribution in [3.05, 3.63) is 278 Å². The van der Waals surface area contributed by atoms with Gasteiger partial charge < -0.3 is 0 Å². The first-order chi connectivity index (χ1) is 66.8. The summed E-state index contributed by atoms with van der Waals surface area (Å²) in [5.41, 5.74) is 8.08. The predicted molar refractivity (Wildman–Crippen MR) is 619 cm³/mol. The van der Waals surface area contributed by atoms with Gasteiger partial charge in [0, 0.05) is 24.8 Å². The number of hydrogen-bond donors (Lipinski definition) is 0. The SMILES string of the molecule is CC.CC.CC.CC.CC.CC.CC.CC.CC.CC.CC.CC.CC.CC.CC.CC.CC1C=C1.CC1C=CC1.CC1CC1.CC1CC=CC1.CC1CCC1.CC1CCCC1.CC1CCCCC1.CCc1ccccc1.Cc1cccc2ccccc12.Cc1ccccc1.Cc1ccnnc1.Cc1cncnc1.Cc1cncnn1.Cc1cnncn1.Cc1nccnn1.Cc1ncncn1. The van der Waals surface area contributed by atoms with Crippen LogP contribution >= 0.6 is 0 Å². The van der Waals surface area contributed by atoms with Crippen molar-refractivity contribution in [3.63, 3.8) is 0 Å². The van der Waals surface area contributed by atoms with E-state index in [1.807, 2.05) is 287 Å². The van der Waals surface area contributed by atoms with Gasteiger partial charge in [-0.25, -0.2) is 39.9 Å². The summed E-state index contributed by atoms with van der Waals surface area (Å²) in [5.74, 6) is 8.35. The molecule has 788 valence electrons. The van der Waals surface area contributed by atoms with Crippen LogP contribution in [0.2, 0.25) is 0 Å². The fraction of sp³-hybridized carbons (Fsp3) is 0.603. The Morgan fingerprint density at radius 1 is 0.263 bits per heavy atom. The lowest BCUT2D eigenvalue weighted by Crippen LogP contribution is -2.04. The normalized spacial score (nSPS) is 12.2. The van der Waals surface area contributed by atoms with Crippen molar-refractivity contribution < 1.29 is 0 Å². The molecule has 4 fully saturated rings. The Morgan fingerprint density at radius 3 is 0.876 bits per heavy atom. The lowest BCUT2D eigenvalue weighted by atomic mass is 9.88. The number of aryl methyl sites for hydroxylation is 9. The van der Waals surface area contributed by atoms with Crippen LogP contribution in [0.25, 0.3) is 10.8 Å². The number of fused-ring (bicyclic) bond motifs is 1. The molecular weight excluding hydrogens is 1680 g/mol. The second kappa shape index (κ2) is 149. The molecule has 0 radical (unpaired) electrons. The minimum Gasteiger partial charge on any atom is -0.245 e. The molecule has 137 heavy (non-hydrogen) atoms. The van der Waals surface area contributed by atoms with Crippen LogP contribution in [0.3, 0.4) is 0 Å². The fourth-order valence-corrected chi connectivity index (χ4v) is 9.08. The highest BCUT2D eigenvalue weighted by Gasteiger charge is 2.13. The van der Waals surface area contributed by atoms with Crippen molar-refractivity contribution in [3.8, 4) is 0 Å². The van der Waals surface area contributed by atoms with Gasteiger partial charge in [-0.2, -0.15) is 25.5 Å². The number of aromatic nitrogens is 16. The third-order valence-corrected chi connectivity index (χ3v) is 16.7. The summed E-state index contributed by atoms with van der Waals surface area (Å²) in [7, 11) is 0. The van der Waals surface area contributed by atoms with Crippen LogP contribution < -0.4 is 0 Å². The van der Waals surface area contributed by atoms with Gasteiger partial charge in [0.05, 0.1) is 36.2 Å². The highest BCUT2D eigenvalue weighted by Crippen LogP contribution is 2.27. The highest BCUT2D eigenvalue weighted by atomic mass is 15.1. The van der Waals surface area contributed by atoms with E-state index in [1.165, 1.54) is 168 Å².